The van der Waals surface area contributed by atoms with Crippen molar-refractivity contribution in [3.63, 3.8) is 0 Å². The second-order valence-electron chi connectivity index (χ2n) is 5.10. The zero-order valence-corrected chi connectivity index (χ0v) is 12.7. The van der Waals surface area contributed by atoms with Gasteiger partial charge in [-0.05, 0) is 39.1 Å². The summed E-state index contributed by atoms with van der Waals surface area (Å²) in [7, 11) is 2.19. The number of hydrogen-bond acceptors (Lipinski definition) is 4. The average Bonchev–Trinajstić information content (AvgIpc) is 2.67. The van der Waals surface area contributed by atoms with Crippen LogP contribution in [0.25, 0.3) is 0 Å². The van der Waals surface area contributed by atoms with Gasteiger partial charge in [-0.2, -0.15) is 0 Å². The van der Waals surface area contributed by atoms with Gasteiger partial charge in [0.05, 0.1) is 10.4 Å². The molecule has 1 aliphatic heterocycles. The Balaban J connectivity index is 2.15. The molecule has 1 aromatic heterocycles. The quantitative estimate of drug-likeness (QED) is 0.927. The van der Waals surface area contributed by atoms with Gasteiger partial charge in [0, 0.05) is 30.6 Å². The summed E-state index contributed by atoms with van der Waals surface area (Å²) < 4.78 is 0.850. The molecule has 0 aliphatic carbocycles. The number of halogens is 1. The van der Waals surface area contributed by atoms with Crippen LogP contribution in [-0.4, -0.2) is 49.1 Å². The predicted octanol–water partition coefficient (Wildman–Crippen LogP) is 2.43. The second-order valence-corrected chi connectivity index (χ2v) is 6.84. The number of hydrogen-bond donors (Lipinski definition) is 1. The van der Waals surface area contributed by atoms with E-state index in [0.29, 0.717) is 18.6 Å². The van der Waals surface area contributed by atoms with Gasteiger partial charge in [0.15, 0.2) is 0 Å². The molecular weight excluding hydrogens is 266 g/mol. The highest BCUT2D eigenvalue weighted by Crippen LogP contribution is 2.31. The summed E-state index contributed by atoms with van der Waals surface area (Å²) in [5.74, 6) is 0. The van der Waals surface area contributed by atoms with E-state index in [9.17, 15) is 0 Å². The largest absolute Gasteiger partial charge is 0.329 e. The minimum atomic E-state index is 0.309. The zero-order chi connectivity index (χ0) is 13.1. The molecule has 1 aromatic rings. The lowest BCUT2D eigenvalue weighted by Gasteiger charge is -2.34. The van der Waals surface area contributed by atoms with Crippen molar-refractivity contribution in [1.29, 1.82) is 0 Å². The summed E-state index contributed by atoms with van der Waals surface area (Å²) in [6.45, 7) is 6.34. The van der Waals surface area contributed by atoms with E-state index in [4.69, 9.17) is 17.3 Å². The number of thiophene rings is 1. The number of rotatable bonds is 3. The third-order valence-electron chi connectivity index (χ3n) is 3.64. The van der Waals surface area contributed by atoms with E-state index >= 15 is 0 Å². The first-order chi connectivity index (χ1) is 8.61. The summed E-state index contributed by atoms with van der Waals surface area (Å²) >= 11 is 7.70. The number of likely N-dealkylation sites (N-methyl/N-ethyl adjacent to an activating group) is 1. The van der Waals surface area contributed by atoms with Gasteiger partial charge >= 0.3 is 0 Å². The van der Waals surface area contributed by atoms with Crippen LogP contribution >= 0.6 is 22.9 Å². The van der Waals surface area contributed by atoms with E-state index in [1.807, 2.05) is 6.07 Å². The van der Waals surface area contributed by atoms with Crippen LogP contribution < -0.4 is 5.73 Å². The summed E-state index contributed by atoms with van der Waals surface area (Å²) in [5, 5.41) is 0. The molecule has 0 aromatic carbocycles. The standard InChI is InChI=1S/C13H22ClN3S/c1-10-9-16(2)6-3-7-17(10)11(8-15)12-4-5-13(14)18-12/h4-5,10-11H,3,6-9,15H2,1-2H3. The van der Waals surface area contributed by atoms with Crippen LogP contribution in [0.2, 0.25) is 4.34 Å². The van der Waals surface area contributed by atoms with E-state index < -0.39 is 0 Å². The van der Waals surface area contributed by atoms with Gasteiger partial charge in [-0.25, -0.2) is 0 Å². The summed E-state index contributed by atoms with van der Waals surface area (Å²) in [5.41, 5.74) is 6.00. The van der Waals surface area contributed by atoms with Gasteiger partial charge in [0.1, 0.15) is 0 Å². The molecule has 0 saturated carbocycles. The molecule has 1 fully saturated rings. The molecule has 0 amide bonds. The van der Waals surface area contributed by atoms with Gasteiger partial charge in [0.25, 0.3) is 0 Å². The van der Waals surface area contributed by atoms with Crippen molar-refractivity contribution in [3.05, 3.63) is 21.3 Å². The Labute approximate surface area is 119 Å². The van der Waals surface area contributed by atoms with E-state index in [1.165, 1.54) is 17.8 Å². The van der Waals surface area contributed by atoms with Gasteiger partial charge in [-0.1, -0.05) is 11.6 Å². The van der Waals surface area contributed by atoms with Crippen LogP contribution in [0.4, 0.5) is 0 Å². The minimum absolute atomic E-state index is 0.309. The van der Waals surface area contributed by atoms with E-state index in [1.54, 1.807) is 11.3 Å². The van der Waals surface area contributed by atoms with E-state index in [2.05, 4.69) is 29.8 Å². The van der Waals surface area contributed by atoms with Gasteiger partial charge < -0.3 is 10.6 Å². The van der Waals surface area contributed by atoms with Gasteiger partial charge in [0.2, 0.25) is 0 Å². The van der Waals surface area contributed by atoms with Crippen molar-refractivity contribution in [2.75, 3.05) is 33.2 Å². The van der Waals surface area contributed by atoms with Crippen molar-refractivity contribution in [2.24, 2.45) is 5.73 Å². The molecule has 102 valence electrons. The fourth-order valence-corrected chi connectivity index (χ4v) is 3.97. The molecule has 2 rings (SSSR count). The molecule has 0 bridgehead atoms. The van der Waals surface area contributed by atoms with Crippen LogP contribution in [0.1, 0.15) is 24.3 Å². The molecule has 0 spiro atoms. The monoisotopic (exact) mass is 287 g/mol. The first-order valence-electron chi connectivity index (χ1n) is 6.51. The maximum absolute atomic E-state index is 6.04. The highest BCUT2D eigenvalue weighted by atomic mass is 35.5. The van der Waals surface area contributed by atoms with Crippen molar-refractivity contribution in [2.45, 2.75) is 25.4 Å². The molecule has 1 saturated heterocycles. The van der Waals surface area contributed by atoms with Crippen LogP contribution in [0.5, 0.6) is 0 Å². The van der Waals surface area contributed by atoms with Crippen LogP contribution in [-0.2, 0) is 0 Å². The highest BCUT2D eigenvalue weighted by molar-refractivity contribution is 7.16. The Morgan fingerprint density at radius 3 is 2.89 bits per heavy atom. The summed E-state index contributed by atoms with van der Waals surface area (Å²) in [6, 6.07) is 4.93. The Morgan fingerprint density at radius 1 is 1.50 bits per heavy atom. The molecular formula is C13H22ClN3S. The molecule has 2 N–H and O–H groups in total. The Morgan fingerprint density at radius 2 is 2.28 bits per heavy atom. The lowest BCUT2D eigenvalue weighted by molar-refractivity contribution is 0.148. The van der Waals surface area contributed by atoms with E-state index in [-0.39, 0.29) is 0 Å². The zero-order valence-electron chi connectivity index (χ0n) is 11.1. The Kier molecular flexibility index (Phi) is 5.04. The smallest absolute Gasteiger partial charge is 0.0931 e. The maximum atomic E-state index is 6.04. The average molecular weight is 288 g/mol. The van der Waals surface area contributed by atoms with Crippen LogP contribution in [0.15, 0.2) is 12.1 Å². The first-order valence-corrected chi connectivity index (χ1v) is 7.71. The second kappa shape index (κ2) is 6.35. The molecule has 18 heavy (non-hydrogen) atoms. The SMILES string of the molecule is CC1CN(C)CCCN1C(CN)c1ccc(Cl)s1. The van der Waals surface area contributed by atoms with Crippen molar-refractivity contribution >= 4 is 22.9 Å². The lowest BCUT2D eigenvalue weighted by Crippen LogP contribution is -2.42. The predicted molar refractivity (Wildman–Crippen MR) is 79.4 cm³/mol. The topological polar surface area (TPSA) is 32.5 Å². The molecule has 2 heterocycles. The van der Waals surface area contributed by atoms with Crippen molar-refractivity contribution < 1.29 is 0 Å². The summed E-state index contributed by atoms with van der Waals surface area (Å²) in [4.78, 5) is 6.23. The molecule has 5 heteroatoms. The van der Waals surface area contributed by atoms with Gasteiger partial charge in [-0.3, -0.25) is 4.90 Å². The van der Waals surface area contributed by atoms with Crippen molar-refractivity contribution in [3.8, 4) is 0 Å². The van der Waals surface area contributed by atoms with Crippen molar-refractivity contribution in [1.82, 2.24) is 9.80 Å². The van der Waals surface area contributed by atoms with Crippen LogP contribution in [0.3, 0.4) is 0 Å². The maximum Gasteiger partial charge on any atom is 0.0931 e. The number of nitrogens with zero attached hydrogens (tertiary/aromatic N) is 2. The Bertz CT molecular complexity index is 382. The molecule has 1 aliphatic rings. The summed E-state index contributed by atoms with van der Waals surface area (Å²) in [6.07, 6.45) is 1.20. The fourth-order valence-electron chi connectivity index (χ4n) is 2.78. The molecule has 0 radical (unpaired) electrons. The minimum Gasteiger partial charge on any atom is -0.329 e. The van der Waals surface area contributed by atoms with E-state index in [0.717, 1.165) is 17.4 Å². The third kappa shape index (κ3) is 3.25. The Hall–Kier alpha value is -0.130. The van der Waals surface area contributed by atoms with Gasteiger partial charge in [-0.15, -0.1) is 11.3 Å². The molecule has 2 unspecified atom stereocenters. The third-order valence-corrected chi connectivity index (χ3v) is 4.98. The van der Waals surface area contributed by atoms with Crippen LogP contribution in [0, 0.1) is 0 Å². The number of nitrogens with two attached hydrogens (primary N) is 1. The normalized spacial score (nSPS) is 25.0. The molecule has 3 nitrogen and oxygen atoms in total. The molecule has 2 atom stereocenters. The fraction of sp³-hybridized carbons (Fsp3) is 0.692. The first kappa shape index (κ1) is 14.3. The highest BCUT2D eigenvalue weighted by Gasteiger charge is 2.27. The lowest BCUT2D eigenvalue weighted by atomic mass is 10.1.